The first kappa shape index (κ1) is 68.6. The number of amides is 8. The molecule has 0 saturated carbocycles. The van der Waals surface area contributed by atoms with Crippen LogP contribution in [-0.4, -0.2) is 187 Å². The number of nitrogen functional groups attached to an aromatic ring is 2. The molecule has 4 aliphatic heterocycles. The van der Waals surface area contributed by atoms with Crippen molar-refractivity contribution in [3.05, 3.63) is 59.2 Å². The van der Waals surface area contributed by atoms with Crippen LogP contribution in [0.1, 0.15) is 83.2 Å². The fourth-order valence-corrected chi connectivity index (χ4v) is 13.4. The summed E-state index contributed by atoms with van der Waals surface area (Å²) < 4.78 is 70.4. The highest BCUT2D eigenvalue weighted by Crippen LogP contribution is 2.55. The number of phosphoric ester groups is 2. The zero-order valence-electron chi connectivity index (χ0n) is 49.8. The molecular weight excluding hydrogens is 1280 g/mol. The van der Waals surface area contributed by atoms with Crippen molar-refractivity contribution in [2.24, 2.45) is 17.6 Å². The van der Waals surface area contributed by atoms with Gasteiger partial charge in [0.2, 0.25) is 35.5 Å². The van der Waals surface area contributed by atoms with Crippen LogP contribution in [-0.2, 0) is 72.0 Å². The first-order valence-electron chi connectivity index (χ1n) is 29.1. The molecule has 15 N–H and O–H groups in total. The third-order valence-electron chi connectivity index (χ3n) is 15.5. The van der Waals surface area contributed by atoms with Gasteiger partial charge in [-0.05, 0) is 62.0 Å². The maximum absolute atomic E-state index is 14.1. The number of primary amides is 1. The van der Waals surface area contributed by atoms with E-state index in [-0.39, 0.29) is 115 Å². The van der Waals surface area contributed by atoms with E-state index in [1.54, 1.807) is 32.2 Å². The lowest BCUT2D eigenvalue weighted by Gasteiger charge is -2.27. The number of hydrogen-bond donors (Lipinski definition) is 12. The largest absolute Gasteiger partial charge is 0.472 e. The number of urea groups is 1. The number of benzene rings is 1. The lowest BCUT2D eigenvalue weighted by molar-refractivity contribution is -0.138. The van der Waals surface area contributed by atoms with Crippen LogP contribution in [0, 0.1) is 11.8 Å². The molecule has 92 heavy (non-hydrogen) atoms. The van der Waals surface area contributed by atoms with Crippen LogP contribution < -0.4 is 49.3 Å². The summed E-state index contributed by atoms with van der Waals surface area (Å²) in [6.45, 7) is 1.53. The third kappa shape index (κ3) is 16.7. The number of carbonyl (C=O) groups excluding carboxylic acids is 7. The third-order valence-corrected chi connectivity index (χ3v) is 18.4. The number of ether oxygens (including phenoxy) is 3. The van der Waals surface area contributed by atoms with Crippen LogP contribution in [0.25, 0.3) is 22.3 Å². The highest BCUT2D eigenvalue weighted by molar-refractivity contribution is 8.00. The number of nitrogens with one attached hydrogen (secondary N) is 6. The number of aromatic amines is 1. The second-order valence-electron chi connectivity index (χ2n) is 22.2. The van der Waals surface area contributed by atoms with Gasteiger partial charge in [-0.25, -0.2) is 38.7 Å². The molecule has 0 spiro atoms. The Labute approximate surface area is 526 Å². The van der Waals surface area contributed by atoms with Gasteiger partial charge in [0.25, 0.3) is 5.56 Å². The number of aromatic nitrogens is 8. The number of phosphoric acid groups is 2. The molecule has 8 amide bonds. The smallest absolute Gasteiger partial charge is 0.445 e. The second-order valence-corrected chi connectivity index (χ2v) is 26.0. The van der Waals surface area contributed by atoms with Gasteiger partial charge in [-0.15, -0.1) is 0 Å². The number of nitrogens with zero attached hydrogens (tertiary/aromatic N) is 8. The topological polar surface area (TPSA) is 528 Å². The molecule has 37 nitrogen and oxygen atoms in total. The number of rotatable bonds is 24. The van der Waals surface area contributed by atoms with Crippen molar-refractivity contribution >= 4 is 109 Å². The molecule has 1 aromatic carbocycles. The summed E-state index contributed by atoms with van der Waals surface area (Å²) in [5, 5.41) is 24.4. The molecule has 40 heteroatoms. The zero-order chi connectivity index (χ0) is 66.2. The fraction of sp³-hybridized carbons (Fsp3) is 0.558. The van der Waals surface area contributed by atoms with Gasteiger partial charge in [-0.2, -0.15) is 16.7 Å². The number of hydrogen-bond acceptors (Lipinski definition) is 26. The Balaban J connectivity index is 0.811. The van der Waals surface area contributed by atoms with Crippen molar-refractivity contribution in [1.82, 2.24) is 65.2 Å². The molecule has 5 unspecified atom stereocenters. The maximum Gasteiger partial charge on any atom is 0.472 e. The molecule has 8 heterocycles. The number of unbranched alkanes of at least 4 members (excludes halogenated alkanes) is 2. The van der Waals surface area contributed by atoms with E-state index in [4.69, 9.17) is 49.5 Å². The summed E-state index contributed by atoms with van der Waals surface area (Å²) in [4.78, 5) is 149. The fourth-order valence-electron chi connectivity index (χ4n) is 10.8. The summed E-state index contributed by atoms with van der Waals surface area (Å²) in [6.07, 6.45) is -4.95. The highest BCUT2D eigenvalue weighted by Gasteiger charge is 2.54. The number of nitrogens with two attached hydrogens (primary N) is 3. The Hall–Kier alpha value is -7.74. The molecule has 13 atom stereocenters. The van der Waals surface area contributed by atoms with Crippen LogP contribution in [0.4, 0.5) is 27.0 Å². The Morgan fingerprint density at radius 2 is 1.51 bits per heavy atom. The predicted octanol–water partition coefficient (Wildman–Crippen LogP) is 0.294. The number of anilines is 3. The normalized spacial score (nSPS) is 26.6. The summed E-state index contributed by atoms with van der Waals surface area (Å²) in [5.41, 5.74) is 16.9. The molecule has 5 aromatic rings. The minimum absolute atomic E-state index is 0.00643. The van der Waals surface area contributed by atoms with Gasteiger partial charge in [0.1, 0.15) is 55.0 Å². The summed E-state index contributed by atoms with van der Waals surface area (Å²) >= 11 is 1.33. The Morgan fingerprint density at radius 3 is 2.21 bits per heavy atom. The number of aliphatic hydroxyl groups excluding tert-OH is 1. The number of fused-ring (bicyclic) bond motifs is 5. The monoisotopic (exact) mass is 1350 g/mol. The van der Waals surface area contributed by atoms with Gasteiger partial charge in [0.05, 0.1) is 37.2 Å². The zero-order valence-corrected chi connectivity index (χ0v) is 52.4. The van der Waals surface area contributed by atoms with Gasteiger partial charge in [0, 0.05) is 44.1 Å². The minimum atomic E-state index is -5.30. The number of likely N-dealkylation sites (tertiary alicyclic amines) is 1. The number of carbonyl (C=O) groups is 7. The molecular formula is C52H71N17O20P2S. The van der Waals surface area contributed by atoms with E-state index in [0.717, 1.165) is 12.7 Å². The van der Waals surface area contributed by atoms with Crippen molar-refractivity contribution in [2.75, 3.05) is 55.9 Å². The van der Waals surface area contributed by atoms with Crippen molar-refractivity contribution in [3.8, 4) is 0 Å². The van der Waals surface area contributed by atoms with Crippen LogP contribution in [0.2, 0.25) is 0 Å². The Kier molecular flexibility index (Phi) is 22.3. The van der Waals surface area contributed by atoms with E-state index in [0.29, 0.717) is 24.8 Å². The quantitative estimate of drug-likeness (QED) is 0.0224. The standard InChI is InChI=1S/C52H71N17O20P2S/c1-25(2)35(64-33(70)9-5-4-6-17-67-34(71)18-32(92-3)47(67)76)45(74)63-29(8-7-15-56-51(55)77)44(73)62-27-12-10-26(11-13-27)19-83-52(78)57-16-14-28-30-20-84-91(81,82)89-40-31(87-48(38(40)72)68-23-60-36-41(53)58-22-59-42(36)68)21-85-90(79,80)88-39(28)49(86-30)69-24-61-37-43(69)65-50(54)66-46(37)75/h10-13,22-25,28-32,35,38-40,48-49,72H,4-9,14-21H2,1-3H3,(H,57,78)(H,62,73)(H,63,74)(H,64,70)(H,79,80)(H,81,82)(H2,53,58,59)(H3,55,56,77)(H3,54,65,66,75)/t28-,29-,30+,31+,32?,35-,38?,39?,40-,48+,49+/m0/s1. The molecule has 4 aromatic heterocycles. The van der Waals surface area contributed by atoms with E-state index in [2.05, 4.69) is 56.5 Å². The maximum atomic E-state index is 14.1. The number of imide groups is 1. The molecule has 4 aliphatic rings. The highest BCUT2D eigenvalue weighted by atomic mass is 32.2. The average Bonchev–Trinajstić information content (AvgIpc) is 1.61. The van der Waals surface area contributed by atoms with Crippen LogP contribution >= 0.6 is 27.4 Å². The SMILES string of the molecule is CSC1CC(=O)N(CCCCCC(=O)N[C@H](C(=O)N[C@@H](CCCNC(N)=O)C(=O)Nc2ccc(COC(=O)NCC[C@@H]3C4OP(=O)(O)OC[C@H]5O[C@@H](n6cnc7c(N)ncnc76)C(O)[C@H]5OP(=O)(O)OC[C@H]3O[C@H]4n3cnc4c(=O)[nH]c(N)nc43)cc2)C(C)C)C1=O. The van der Waals surface area contributed by atoms with Crippen LogP contribution in [0.3, 0.4) is 0 Å². The molecule has 4 saturated heterocycles. The molecule has 500 valence electrons. The lowest BCUT2D eigenvalue weighted by atomic mass is 9.94. The van der Waals surface area contributed by atoms with Crippen molar-refractivity contribution in [2.45, 2.75) is 132 Å². The Morgan fingerprint density at radius 1 is 0.826 bits per heavy atom. The average molecular weight is 1350 g/mol. The van der Waals surface area contributed by atoms with E-state index in [1.807, 2.05) is 0 Å². The van der Waals surface area contributed by atoms with E-state index >= 15 is 0 Å². The lowest BCUT2D eigenvalue weighted by Crippen LogP contribution is -2.54. The van der Waals surface area contributed by atoms with Crippen LogP contribution in [0.5, 0.6) is 0 Å². The second kappa shape index (κ2) is 29.9. The van der Waals surface area contributed by atoms with E-state index < -0.39 is 131 Å². The number of thioether (sulfide) groups is 1. The molecule has 9 rings (SSSR count). The van der Waals surface area contributed by atoms with Gasteiger partial charge >= 0.3 is 27.8 Å². The molecule has 0 radical (unpaired) electrons. The minimum Gasteiger partial charge on any atom is -0.445 e. The number of aliphatic hydroxyl groups is 1. The van der Waals surface area contributed by atoms with E-state index in [1.165, 1.54) is 44.3 Å². The summed E-state index contributed by atoms with van der Waals surface area (Å²) in [7, 11) is -10.5. The molecule has 0 aliphatic carbocycles. The van der Waals surface area contributed by atoms with Crippen molar-refractivity contribution < 1.29 is 89.9 Å². The Bertz CT molecular complexity index is 3690. The van der Waals surface area contributed by atoms with E-state index in [9.17, 15) is 62.4 Å². The van der Waals surface area contributed by atoms with Gasteiger partial charge in [-0.3, -0.25) is 65.9 Å². The number of alkyl carbamates (subject to hydrolysis) is 1. The van der Waals surface area contributed by atoms with Gasteiger partial charge in [-0.1, -0.05) is 32.4 Å². The number of H-pyrrole nitrogens is 1. The van der Waals surface area contributed by atoms with Gasteiger partial charge < -0.3 is 72.9 Å². The van der Waals surface area contributed by atoms with Gasteiger partial charge in [0.15, 0.2) is 35.1 Å². The predicted molar refractivity (Wildman–Crippen MR) is 321 cm³/mol. The van der Waals surface area contributed by atoms with Crippen LogP contribution in [0.15, 0.2) is 48.0 Å². The number of imidazole rings is 2. The van der Waals surface area contributed by atoms with Crippen molar-refractivity contribution in [3.63, 3.8) is 0 Å². The first-order valence-corrected chi connectivity index (χ1v) is 33.3. The molecule has 2 bridgehead atoms. The van der Waals surface area contributed by atoms with Crippen molar-refractivity contribution in [1.29, 1.82) is 0 Å². The summed E-state index contributed by atoms with van der Waals surface area (Å²) in [6, 6.07) is 3.14. The summed E-state index contributed by atoms with van der Waals surface area (Å²) in [5.74, 6) is -3.99. The molecule has 4 fully saturated rings. The first-order chi connectivity index (χ1) is 43.8.